The van der Waals surface area contributed by atoms with Crippen LogP contribution in [0.5, 0.6) is 0 Å². The number of hydrogen-bond donors (Lipinski definition) is 0. The number of aromatic nitrogens is 2. The number of hydrogen-bond acceptors (Lipinski definition) is 5. The van der Waals surface area contributed by atoms with Crippen LogP contribution in [0.1, 0.15) is 16.1 Å². The number of carboxylic acid groups (broad SMARTS) is 1. The molecule has 0 atom stereocenters. The molecule has 4 rings (SSSR count). The average Bonchev–Trinajstić information content (AvgIpc) is 3.08. The second-order valence-electron chi connectivity index (χ2n) is 6.07. The van der Waals surface area contributed by atoms with Crippen molar-refractivity contribution in [1.29, 1.82) is 0 Å². The third kappa shape index (κ3) is 2.54. The van der Waals surface area contributed by atoms with Crippen molar-refractivity contribution in [3.05, 3.63) is 70.1 Å². The van der Waals surface area contributed by atoms with E-state index in [-0.39, 0.29) is 28.9 Å². The summed E-state index contributed by atoms with van der Waals surface area (Å²) >= 11 is 0. The van der Waals surface area contributed by atoms with Gasteiger partial charge in [0.2, 0.25) is 5.91 Å². The van der Waals surface area contributed by atoms with E-state index in [1.807, 2.05) is 24.3 Å². The molecule has 130 valence electrons. The van der Waals surface area contributed by atoms with Crippen molar-refractivity contribution in [3.8, 4) is 0 Å². The van der Waals surface area contributed by atoms with Crippen LogP contribution < -0.4 is 15.6 Å². The number of carboxylic acids is 1. The van der Waals surface area contributed by atoms with Gasteiger partial charge < -0.3 is 14.8 Å². The van der Waals surface area contributed by atoms with Gasteiger partial charge in [0.05, 0.1) is 11.4 Å². The topological polar surface area (TPSA) is 95.3 Å². The Labute approximate surface area is 148 Å². The normalized spacial score (nSPS) is 13.0. The van der Waals surface area contributed by atoms with Crippen LogP contribution in [0, 0.1) is 0 Å². The highest BCUT2D eigenvalue weighted by Crippen LogP contribution is 2.27. The van der Waals surface area contributed by atoms with E-state index in [1.54, 1.807) is 17.0 Å². The van der Waals surface area contributed by atoms with Gasteiger partial charge in [-0.25, -0.2) is 4.68 Å². The molecule has 3 aromatic rings. The van der Waals surface area contributed by atoms with E-state index in [0.29, 0.717) is 6.54 Å². The SMILES string of the molecule is O=C([O-])c1nn(CC(=O)N2CCc3ccccc32)c(=O)c2ccccc12. The number of anilines is 1. The van der Waals surface area contributed by atoms with Crippen LogP contribution in [0.4, 0.5) is 5.69 Å². The van der Waals surface area contributed by atoms with Gasteiger partial charge >= 0.3 is 0 Å². The molecule has 0 saturated carbocycles. The molecule has 0 fully saturated rings. The molecule has 7 heteroatoms. The summed E-state index contributed by atoms with van der Waals surface area (Å²) in [6.45, 7) is 0.187. The molecule has 7 nitrogen and oxygen atoms in total. The summed E-state index contributed by atoms with van der Waals surface area (Å²) in [4.78, 5) is 38.3. The largest absolute Gasteiger partial charge is 0.543 e. The lowest BCUT2D eigenvalue weighted by molar-refractivity contribution is -0.255. The van der Waals surface area contributed by atoms with Crippen molar-refractivity contribution in [2.24, 2.45) is 0 Å². The van der Waals surface area contributed by atoms with Gasteiger partial charge in [-0.15, -0.1) is 0 Å². The smallest absolute Gasteiger partial charge is 0.275 e. The van der Waals surface area contributed by atoms with Crippen molar-refractivity contribution in [3.63, 3.8) is 0 Å². The van der Waals surface area contributed by atoms with Crippen LogP contribution in [-0.4, -0.2) is 28.2 Å². The molecule has 0 radical (unpaired) electrons. The molecule has 1 aliphatic rings. The lowest BCUT2D eigenvalue weighted by atomic mass is 10.1. The highest BCUT2D eigenvalue weighted by Gasteiger charge is 2.25. The zero-order chi connectivity index (χ0) is 18.3. The molecule has 0 saturated heterocycles. The molecular weight excluding hydrogens is 334 g/mol. The molecule has 26 heavy (non-hydrogen) atoms. The van der Waals surface area contributed by atoms with Gasteiger partial charge in [-0.2, -0.15) is 5.10 Å². The number of fused-ring (bicyclic) bond motifs is 2. The first-order valence-electron chi connectivity index (χ1n) is 8.16. The maximum Gasteiger partial charge on any atom is 0.275 e. The minimum absolute atomic E-state index is 0.191. The Morgan fingerprint density at radius 1 is 1.04 bits per heavy atom. The Morgan fingerprint density at radius 2 is 1.73 bits per heavy atom. The molecule has 2 heterocycles. The third-order valence-electron chi connectivity index (χ3n) is 4.53. The van der Waals surface area contributed by atoms with E-state index in [4.69, 9.17) is 0 Å². The molecule has 2 aromatic carbocycles. The summed E-state index contributed by atoms with van der Waals surface area (Å²) in [6, 6.07) is 13.8. The van der Waals surface area contributed by atoms with Crippen LogP contribution in [0.15, 0.2) is 53.3 Å². The van der Waals surface area contributed by atoms with E-state index in [9.17, 15) is 19.5 Å². The fourth-order valence-corrected chi connectivity index (χ4v) is 3.30. The monoisotopic (exact) mass is 348 g/mol. The van der Waals surface area contributed by atoms with E-state index >= 15 is 0 Å². The van der Waals surface area contributed by atoms with Crippen LogP contribution in [0.25, 0.3) is 10.8 Å². The maximum atomic E-state index is 12.7. The van der Waals surface area contributed by atoms with Gasteiger partial charge in [0.1, 0.15) is 12.2 Å². The second-order valence-corrected chi connectivity index (χ2v) is 6.07. The van der Waals surface area contributed by atoms with Gasteiger partial charge in [0, 0.05) is 17.6 Å². The predicted octanol–water partition coefficient (Wildman–Crippen LogP) is 0.349. The first-order valence-corrected chi connectivity index (χ1v) is 8.16. The summed E-state index contributed by atoms with van der Waals surface area (Å²) < 4.78 is 0.900. The van der Waals surface area contributed by atoms with Crippen molar-refractivity contribution in [2.75, 3.05) is 11.4 Å². The van der Waals surface area contributed by atoms with Crippen molar-refractivity contribution in [1.82, 2.24) is 9.78 Å². The molecule has 0 bridgehead atoms. The van der Waals surface area contributed by atoms with Gasteiger partial charge in [-0.05, 0) is 24.1 Å². The number of nitrogens with zero attached hydrogens (tertiary/aromatic N) is 3. The van der Waals surface area contributed by atoms with Gasteiger partial charge in [0.15, 0.2) is 0 Å². The number of aromatic carboxylic acids is 1. The quantitative estimate of drug-likeness (QED) is 0.681. The molecular formula is C19H14N3O4-. The highest BCUT2D eigenvalue weighted by molar-refractivity contribution is 6.00. The minimum atomic E-state index is -1.49. The summed E-state index contributed by atoms with van der Waals surface area (Å²) in [7, 11) is 0. The average molecular weight is 348 g/mol. The standard InChI is InChI=1S/C19H15N3O4/c23-16(21-10-9-12-5-1-4-8-15(12)21)11-22-18(24)14-7-3-2-6-13(14)17(20-22)19(25)26/h1-8H,9-11H2,(H,25,26)/p-1. The summed E-state index contributed by atoms with van der Waals surface area (Å²) in [5.74, 6) is -1.81. The van der Waals surface area contributed by atoms with Gasteiger partial charge in [-0.1, -0.05) is 36.4 Å². The minimum Gasteiger partial charge on any atom is -0.543 e. The molecule has 0 N–H and O–H groups in total. The first kappa shape index (κ1) is 16.0. The highest BCUT2D eigenvalue weighted by atomic mass is 16.4. The Bertz CT molecular complexity index is 1100. The number of rotatable bonds is 3. The van der Waals surface area contributed by atoms with Crippen molar-refractivity contribution in [2.45, 2.75) is 13.0 Å². The van der Waals surface area contributed by atoms with E-state index in [2.05, 4.69) is 5.10 Å². The fourth-order valence-electron chi connectivity index (χ4n) is 3.30. The Hall–Kier alpha value is -3.48. The van der Waals surface area contributed by atoms with Gasteiger partial charge in [-0.3, -0.25) is 9.59 Å². The molecule has 0 unspecified atom stereocenters. The third-order valence-corrected chi connectivity index (χ3v) is 4.53. The fraction of sp³-hybridized carbons (Fsp3) is 0.158. The molecule has 1 aliphatic heterocycles. The molecule has 1 aromatic heterocycles. The van der Waals surface area contributed by atoms with Crippen LogP contribution in [0.3, 0.4) is 0 Å². The molecule has 1 amide bonds. The Morgan fingerprint density at radius 3 is 2.50 bits per heavy atom. The first-order chi connectivity index (χ1) is 12.6. The lowest BCUT2D eigenvalue weighted by Gasteiger charge is -2.18. The number of carbonyl (C=O) groups is 2. The predicted molar refractivity (Wildman–Crippen MR) is 92.8 cm³/mol. The van der Waals surface area contributed by atoms with E-state index in [1.165, 1.54) is 12.1 Å². The number of carbonyl (C=O) groups excluding carboxylic acids is 2. The number of para-hydroxylation sites is 1. The summed E-state index contributed by atoms with van der Waals surface area (Å²) in [5, 5.41) is 15.7. The number of benzene rings is 2. The summed E-state index contributed by atoms with van der Waals surface area (Å²) in [6.07, 6.45) is 0.742. The van der Waals surface area contributed by atoms with E-state index < -0.39 is 11.5 Å². The summed E-state index contributed by atoms with van der Waals surface area (Å²) in [5.41, 5.74) is 1.02. The van der Waals surface area contributed by atoms with Gasteiger partial charge in [0.25, 0.3) is 5.56 Å². The van der Waals surface area contributed by atoms with E-state index in [0.717, 1.165) is 22.4 Å². The molecule has 0 aliphatic carbocycles. The van der Waals surface area contributed by atoms with Crippen LogP contribution >= 0.6 is 0 Å². The van der Waals surface area contributed by atoms with Crippen LogP contribution in [0.2, 0.25) is 0 Å². The second kappa shape index (κ2) is 6.11. The Balaban J connectivity index is 1.74. The molecule has 0 spiro atoms. The maximum absolute atomic E-state index is 12.7. The van der Waals surface area contributed by atoms with Crippen molar-refractivity contribution >= 4 is 28.3 Å². The van der Waals surface area contributed by atoms with Crippen LogP contribution in [-0.2, 0) is 17.8 Å². The zero-order valence-corrected chi connectivity index (χ0v) is 13.7. The zero-order valence-electron chi connectivity index (χ0n) is 13.7. The van der Waals surface area contributed by atoms with Crippen molar-refractivity contribution < 1.29 is 14.7 Å². The Kier molecular flexibility index (Phi) is 3.76. The lowest BCUT2D eigenvalue weighted by Crippen LogP contribution is -2.38. The number of amides is 1.